The van der Waals surface area contributed by atoms with Crippen LogP contribution in [0.5, 0.6) is 11.5 Å². The lowest BCUT2D eigenvalue weighted by atomic mass is 9.90. The molecule has 1 aromatic carbocycles. The number of halogens is 3. The topological polar surface area (TPSA) is 71.5 Å². The van der Waals surface area contributed by atoms with E-state index in [0.717, 1.165) is 0 Å². The molecule has 2 aliphatic heterocycles. The first kappa shape index (κ1) is 24.2. The van der Waals surface area contributed by atoms with Crippen molar-refractivity contribution in [2.75, 3.05) is 45.3 Å². The lowest BCUT2D eigenvalue weighted by Crippen LogP contribution is -2.54. The smallest absolute Gasteiger partial charge is 0.417 e. The predicted octanol–water partition coefficient (Wildman–Crippen LogP) is 4.09. The number of methoxy groups -OCH3 is 2. The fourth-order valence-electron chi connectivity index (χ4n) is 4.17. The van der Waals surface area contributed by atoms with Crippen LogP contribution in [-0.2, 0) is 4.74 Å². The monoisotopic (exact) mass is 480 g/mol. The van der Waals surface area contributed by atoms with Gasteiger partial charge in [0.25, 0.3) is 0 Å². The average molecular weight is 480 g/mol. The van der Waals surface area contributed by atoms with Crippen LogP contribution in [0.2, 0.25) is 0 Å². The number of piperidine rings is 1. The van der Waals surface area contributed by atoms with Crippen molar-refractivity contribution in [3.05, 3.63) is 42.5 Å². The summed E-state index contributed by atoms with van der Waals surface area (Å²) in [5.41, 5.74) is 0.793. The van der Waals surface area contributed by atoms with Gasteiger partial charge in [0.15, 0.2) is 17.1 Å². The minimum atomic E-state index is -4.64. The highest BCUT2D eigenvalue weighted by atomic mass is 19.4. The van der Waals surface area contributed by atoms with Crippen LogP contribution >= 0.6 is 0 Å². The number of nitrogens with zero attached hydrogens (tertiary/aromatic N) is 2. The Morgan fingerprint density at radius 2 is 1.71 bits per heavy atom. The molecule has 2 heterocycles. The molecule has 1 unspecified atom stereocenters. The Labute approximate surface area is 195 Å². The number of rotatable bonds is 5. The van der Waals surface area contributed by atoms with E-state index < -0.39 is 36.8 Å². The Hall–Kier alpha value is -2.98. The number of carbonyl (C=O) groups is 1. The summed E-state index contributed by atoms with van der Waals surface area (Å²) in [5.74, 6) is 1.000. The zero-order valence-electron chi connectivity index (χ0n) is 19.0. The van der Waals surface area contributed by atoms with Gasteiger partial charge in [-0.25, -0.2) is 4.79 Å². The highest BCUT2D eigenvalue weighted by Gasteiger charge is 2.54. The van der Waals surface area contributed by atoms with E-state index in [1.54, 1.807) is 23.1 Å². The predicted molar refractivity (Wildman–Crippen MR) is 119 cm³/mol. The fraction of sp³-hybridized carbons (Fsp3) is 0.458. The van der Waals surface area contributed by atoms with E-state index in [1.165, 1.54) is 30.2 Å². The number of aliphatic hydroxyl groups is 1. The minimum absolute atomic E-state index is 0.0837. The molecule has 0 bridgehead atoms. The number of ether oxygens (including phenoxy) is 3. The van der Waals surface area contributed by atoms with Crippen LogP contribution in [0.15, 0.2) is 42.5 Å². The van der Waals surface area contributed by atoms with Crippen molar-refractivity contribution in [1.82, 2.24) is 4.90 Å². The summed E-state index contributed by atoms with van der Waals surface area (Å²) < 4.78 is 54.5. The third-order valence-electron chi connectivity index (χ3n) is 6.34. The van der Waals surface area contributed by atoms with Crippen LogP contribution in [-0.4, -0.2) is 74.4 Å². The summed E-state index contributed by atoms with van der Waals surface area (Å²) in [4.78, 5) is 15.5. The Morgan fingerprint density at radius 3 is 2.21 bits per heavy atom. The van der Waals surface area contributed by atoms with Crippen LogP contribution in [0.3, 0.4) is 0 Å². The number of cyclic esters (lactones) is 1. The van der Waals surface area contributed by atoms with Crippen LogP contribution < -0.4 is 14.4 Å². The second-order valence-corrected chi connectivity index (χ2v) is 8.57. The standard InChI is InChI=1S/C18H23F3N2O5.C6H4/c1-26-14-4-3-12(9-15(14)27-2)23-11-13(28-16(23)24)10-22-7-5-17(25,6-8-22)18(19,20)21;1-2-5-4-6(5)3-1/h3-4,9,13,25H,5-8,10-11H2,1-2H3;1-4H. The molecule has 5 rings (SSSR count). The van der Waals surface area contributed by atoms with E-state index in [2.05, 4.69) is 24.3 Å². The van der Waals surface area contributed by atoms with Gasteiger partial charge in [0.1, 0.15) is 6.10 Å². The van der Waals surface area contributed by atoms with Gasteiger partial charge in [-0.3, -0.25) is 9.80 Å². The van der Waals surface area contributed by atoms with Gasteiger partial charge in [0.2, 0.25) is 0 Å². The van der Waals surface area contributed by atoms with Crippen molar-refractivity contribution >= 4 is 11.8 Å². The molecule has 2 aliphatic carbocycles. The number of fused-ring (bicyclic) bond motifs is 1. The summed E-state index contributed by atoms with van der Waals surface area (Å²) in [6.07, 6.45) is -6.42. The lowest BCUT2D eigenvalue weighted by Gasteiger charge is -2.39. The molecule has 7 nitrogen and oxygen atoms in total. The van der Waals surface area contributed by atoms with E-state index in [9.17, 15) is 23.1 Å². The van der Waals surface area contributed by atoms with Crippen molar-refractivity contribution in [2.45, 2.75) is 30.7 Å². The molecular weight excluding hydrogens is 453 g/mol. The zero-order valence-corrected chi connectivity index (χ0v) is 19.0. The number of benzene rings is 2. The van der Waals surface area contributed by atoms with Gasteiger partial charge in [0, 0.05) is 25.7 Å². The van der Waals surface area contributed by atoms with Gasteiger partial charge in [-0.15, -0.1) is 0 Å². The Kier molecular flexibility index (Phi) is 6.64. The summed E-state index contributed by atoms with van der Waals surface area (Å²) in [5, 5.41) is 9.74. The van der Waals surface area contributed by atoms with Crippen molar-refractivity contribution in [2.24, 2.45) is 0 Å². The molecule has 1 amide bonds. The Morgan fingerprint density at radius 1 is 1.06 bits per heavy atom. The molecule has 2 fully saturated rings. The van der Waals surface area contributed by atoms with Crippen molar-refractivity contribution in [1.29, 1.82) is 0 Å². The number of hydrogen-bond donors (Lipinski definition) is 1. The molecular formula is C24H27F3N2O5. The number of likely N-dealkylation sites (tertiary alicyclic amines) is 1. The molecule has 34 heavy (non-hydrogen) atoms. The van der Waals surface area contributed by atoms with Crippen molar-refractivity contribution in [3.63, 3.8) is 0 Å². The van der Waals surface area contributed by atoms with Gasteiger partial charge in [0.05, 0.1) is 26.5 Å². The van der Waals surface area contributed by atoms with Crippen molar-refractivity contribution in [3.8, 4) is 22.6 Å². The average Bonchev–Trinajstić information content (AvgIpc) is 3.22. The first-order chi connectivity index (χ1) is 16.1. The molecule has 184 valence electrons. The normalized spacial score (nSPS) is 20.8. The molecule has 0 saturated carbocycles. The number of carbonyl (C=O) groups excluding carboxylic acids is 1. The van der Waals surface area contributed by atoms with E-state index in [0.29, 0.717) is 23.7 Å². The van der Waals surface area contributed by atoms with E-state index >= 15 is 0 Å². The number of amides is 1. The second kappa shape index (κ2) is 9.34. The van der Waals surface area contributed by atoms with Crippen LogP contribution in [0, 0.1) is 0 Å². The van der Waals surface area contributed by atoms with Gasteiger partial charge >= 0.3 is 12.3 Å². The second-order valence-electron chi connectivity index (χ2n) is 8.57. The molecule has 4 aliphatic rings. The van der Waals surface area contributed by atoms with Gasteiger partial charge in [-0.2, -0.15) is 13.2 Å². The summed E-state index contributed by atoms with van der Waals surface area (Å²) in [6.45, 7) is 0.749. The van der Waals surface area contributed by atoms with Crippen LogP contribution in [0.25, 0.3) is 11.1 Å². The van der Waals surface area contributed by atoms with Gasteiger partial charge in [-0.05, 0) is 42.2 Å². The first-order valence-electron chi connectivity index (χ1n) is 11.0. The molecule has 1 N–H and O–H groups in total. The summed E-state index contributed by atoms with van der Waals surface area (Å²) >= 11 is 0. The highest BCUT2D eigenvalue weighted by Crippen LogP contribution is 2.39. The quantitative estimate of drug-likeness (QED) is 0.593. The number of anilines is 1. The van der Waals surface area contributed by atoms with Crippen molar-refractivity contribution < 1.29 is 37.3 Å². The molecule has 1 aromatic rings. The third kappa shape index (κ3) is 5.07. The van der Waals surface area contributed by atoms with Crippen LogP contribution in [0.1, 0.15) is 12.8 Å². The Balaban J connectivity index is 0.000000388. The minimum Gasteiger partial charge on any atom is -0.493 e. The fourth-order valence-corrected chi connectivity index (χ4v) is 4.17. The maximum absolute atomic E-state index is 12.9. The summed E-state index contributed by atoms with van der Waals surface area (Å²) in [7, 11) is 3.00. The molecule has 1 atom stereocenters. The lowest BCUT2D eigenvalue weighted by molar-refractivity contribution is -0.272. The molecule has 10 heteroatoms. The maximum atomic E-state index is 12.9. The van der Waals surface area contributed by atoms with E-state index in [4.69, 9.17) is 14.2 Å². The third-order valence-corrected chi connectivity index (χ3v) is 6.34. The first-order valence-corrected chi connectivity index (χ1v) is 11.0. The van der Waals surface area contributed by atoms with Crippen LogP contribution in [0.4, 0.5) is 23.7 Å². The number of hydrogen-bond acceptors (Lipinski definition) is 6. The molecule has 0 aromatic heterocycles. The molecule has 0 radical (unpaired) electrons. The highest BCUT2D eigenvalue weighted by molar-refractivity contribution is 5.90. The van der Waals surface area contributed by atoms with Gasteiger partial charge < -0.3 is 19.3 Å². The number of alkyl halides is 3. The SMILES string of the molecule is COc1ccc(N2CC(CN3CCC(O)(C(F)(F)F)CC3)OC2=O)cc1OC.c1cc2cc-2c1. The van der Waals surface area contributed by atoms with E-state index in [1.807, 2.05) is 0 Å². The molecule has 0 spiro atoms. The summed E-state index contributed by atoms with van der Waals surface area (Å²) in [6, 6.07) is 13.5. The largest absolute Gasteiger partial charge is 0.493 e. The Bertz CT molecular complexity index is 1020. The van der Waals surface area contributed by atoms with Gasteiger partial charge in [-0.1, -0.05) is 18.2 Å². The zero-order chi connectivity index (χ0) is 24.5. The van der Waals surface area contributed by atoms with E-state index in [-0.39, 0.29) is 19.6 Å². The maximum Gasteiger partial charge on any atom is 0.417 e. The molecule has 2 saturated heterocycles.